The number of nitrogen functional groups attached to an aromatic ring is 1. The molecule has 21 heavy (non-hydrogen) atoms. The minimum atomic E-state index is -0.819. The van der Waals surface area contributed by atoms with E-state index in [0.29, 0.717) is 24.7 Å². The fraction of sp³-hybridized carbons (Fsp3) is 0.429. The maximum absolute atomic E-state index is 10.9. The van der Waals surface area contributed by atoms with Gasteiger partial charge in [-0.25, -0.2) is 4.79 Å². The van der Waals surface area contributed by atoms with Crippen LogP contribution in [0.15, 0.2) is 17.6 Å². The molecule has 0 radical (unpaired) electrons. The van der Waals surface area contributed by atoms with E-state index in [-0.39, 0.29) is 0 Å². The van der Waals surface area contributed by atoms with Crippen molar-refractivity contribution in [3.05, 3.63) is 17.6 Å². The van der Waals surface area contributed by atoms with Gasteiger partial charge >= 0.3 is 6.09 Å². The molecule has 3 heterocycles. The summed E-state index contributed by atoms with van der Waals surface area (Å²) in [6.07, 6.45) is 2.64. The normalized spacial score (nSPS) is 16.3. The number of nitrogens with one attached hydrogen (secondary N) is 1. The highest BCUT2D eigenvalue weighted by Crippen LogP contribution is 2.32. The molecule has 2 aromatic heterocycles. The summed E-state index contributed by atoms with van der Waals surface area (Å²) in [5, 5.41) is 14.4. The molecule has 7 heteroatoms. The number of thiophene rings is 1. The smallest absolute Gasteiger partial charge is 0.407 e. The van der Waals surface area contributed by atoms with E-state index in [2.05, 4.69) is 10.3 Å². The predicted molar refractivity (Wildman–Crippen MR) is 84.8 cm³/mol. The van der Waals surface area contributed by atoms with Gasteiger partial charge in [-0.15, -0.1) is 11.3 Å². The van der Waals surface area contributed by atoms with E-state index in [1.807, 2.05) is 11.4 Å². The molecule has 0 aliphatic carbocycles. The average Bonchev–Trinajstić information content (AvgIpc) is 2.95. The van der Waals surface area contributed by atoms with Crippen molar-refractivity contribution < 1.29 is 9.90 Å². The molecule has 1 amide bonds. The standard InChI is InChI=1S/C14H18N4O2S/c15-10-8-16-11-3-6-21-13(11)12(10)17-7-9-1-4-18(5-2-9)14(19)20/h3,6,8-9H,1-2,4-5,7,15H2,(H,16,17)(H,19,20). The van der Waals surface area contributed by atoms with Crippen molar-refractivity contribution >= 4 is 39.0 Å². The van der Waals surface area contributed by atoms with Gasteiger partial charge in [-0.1, -0.05) is 0 Å². The number of amides is 1. The lowest BCUT2D eigenvalue weighted by Gasteiger charge is -2.30. The molecule has 0 aromatic carbocycles. The molecule has 3 rings (SSSR count). The Balaban J connectivity index is 1.64. The lowest BCUT2D eigenvalue weighted by atomic mass is 9.97. The predicted octanol–water partition coefficient (Wildman–Crippen LogP) is 2.68. The molecular formula is C14H18N4O2S. The lowest BCUT2D eigenvalue weighted by Crippen LogP contribution is -2.39. The van der Waals surface area contributed by atoms with Crippen LogP contribution in [0.2, 0.25) is 0 Å². The van der Waals surface area contributed by atoms with Gasteiger partial charge in [-0.3, -0.25) is 4.98 Å². The highest BCUT2D eigenvalue weighted by Gasteiger charge is 2.22. The Kier molecular flexibility index (Phi) is 3.83. The van der Waals surface area contributed by atoms with Crippen LogP contribution in [-0.2, 0) is 0 Å². The summed E-state index contributed by atoms with van der Waals surface area (Å²) in [7, 11) is 0. The van der Waals surface area contributed by atoms with Crippen LogP contribution in [0.4, 0.5) is 16.2 Å². The lowest BCUT2D eigenvalue weighted by molar-refractivity contribution is 0.126. The average molecular weight is 306 g/mol. The Hall–Kier alpha value is -2.02. The van der Waals surface area contributed by atoms with Crippen molar-refractivity contribution in [2.24, 2.45) is 5.92 Å². The zero-order valence-corrected chi connectivity index (χ0v) is 12.4. The van der Waals surface area contributed by atoms with Crippen LogP contribution in [0.5, 0.6) is 0 Å². The Morgan fingerprint density at radius 3 is 3.00 bits per heavy atom. The molecule has 0 saturated carbocycles. The summed E-state index contributed by atoms with van der Waals surface area (Å²) < 4.78 is 1.08. The van der Waals surface area contributed by atoms with Crippen LogP contribution in [0.1, 0.15) is 12.8 Å². The number of carboxylic acid groups (broad SMARTS) is 1. The van der Waals surface area contributed by atoms with Crippen molar-refractivity contribution in [2.75, 3.05) is 30.7 Å². The second-order valence-electron chi connectivity index (χ2n) is 5.32. The van der Waals surface area contributed by atoms with Crippen molar-refractivity contribution in [3.63, 3.8) is 0 Å². The van der Waals surface area contributed by atoms with Crippen LogP contribution in [0, 0.1) is 5.92 Å². The van der Waals surface area contributed by atoms with Crippen LogP contribution < -0.4 is 11.1 Å². The number of likely N-dealkylation sites (tertiary alicyclic amines) is 1. The van der Waals surface area contributed by atoms with Crippen molar-refractivity contribution in [1.82, 2.24) is 9.88 Å². The molecule has 0 unspecified atom stereocenters. The SMILES string of the molecule is Nc1cnc2ccsc2c1NCC1CCN(C(=O)O)CC1. The number of aromatic nitrogens is 1. The summed E-state index contributed by atoms with van der Waals surface area (Å²) in [6, 6.07) is 1.98. The first-order chi connectivity index (χ1) is 10.1. The molecule has 1 fully saturated rings. The van der Waals surface area contributed by atoms with Crippen LogP contribution in [-0.4, -0.2) is 40.7 Å². The highest BCUT2D eigenvalue weighted by molar-refractivity contribution is 7.17. The molecule has 6 nitrogen and oxygen atoms in total. The first-order valence-corrected chi connectivity index (χ1v) is 7.86. The fourth-order valence-corrected chi connectivity index (χ4v) is 3.57. The van der Waals surface area contributed by atoms with E-state index in [1.54, 1.807) is 17.5 Å². The molecule has 0 atom stereocenters. The van der Waals surface area contributed by atoms with Gasteiger partial charge in [0.1, 0.15) is 0 Å². The Morgan fingerprint density at radius 1 is 1.52 bits per heavy atom. The van der Waals surface area contributed by atoms with Crippen molar-refractivity contribution in [3.8, 4) is 0 Å². The molecule has 1 aliphatic heterocycles. The van der Waals surface area contributed by atoms with Gasteiger partial charge < -0.3 is 21.1 Å². The summed E-state index contributed by atoms with van der Waals surface area (Å²) in [6.45, 7) is 2.04. The number of nitrogens with zero attached hydrogens (tertiary/aromatic N) is 2. The third kappa shape index (κ3) is 2.87. The maximum atomic E-state index is 10.9. The van der Waals surface area contributed by atoms with Gasteiger partial charge in [-0.05, 0) is 30.2 Å². The second kappa shape index (κ2) is 5.77. The van der Waals surface area contributed by atoms with Gasteiger partial charge in [0.2, 0.25) is 0 Å². The number of piperidine rings is 1. The quantitative estimate of drug-likeness (QED) is 0.811. The summed E-state index contributed by atoms with van der Waals surface area (Å²) in [4.78, 5) is 16.7. The molecule has 1 aliphatic rings. The van der Waals surface area contributed by atoms with Gasteiger partial charge in [0.05, 0.1) is 27.8 Å². The number of rotatable bonds is 3. The number of hydrogen-bond donors (Lipinski definition) is 3. The zero-order valence-electron chi connectivity index (χ0n) is 11.6. The minimum absolute atomic E-state index is 0.475. The molecular weight excluding hydrogens is 288 g/mol. The molecule has 2 aromatic rings. The zero-order chi connectivity index (χ0) is 14.8. The number of hydrogen-bond acceptors (Lipinski definition) is 5. The minimum Gasteiger partial charge on any atom is -0.465 e. The monoisotopic (exact) mass is 306 g/mol. The van der Waals surface area contributed by atoms with E-state index < -0.39 is 6.09 Å². The fourth-order valence-electron chi connectivity index (χ4n) is 2.68. The molecule has 1 saturated heterocycles. The Bertz CT molecular complexity index is 649. The van der Waals surface area contributed by atoms with E-state index in [1.165, 1.54) is 4.90 Å². The highest BCUT2D eigenvalue weighted by atomic mass is 32.1. The van der Waals surface area contributed by atoms with E-state index in [9.17, 15) is 4.79 Å². The molecule has 112 valence electrons. The Morgan fingerprint density at radius 2 is 2.29 bits per heavy atom. The molecule has 4 N–H and O–H groups in total. The molecule has 0 spiro atoms. The first-order valence-electron chi connectivity index (χ1n) is 6.98. The number of pyridine rings is 1. The number of anilines is 2. The summed E-state index contributed by atoms with van der Waals surface area (Å²) >= 11 is 1.63. The van der Waals surface area contributed by atoms with Crippen molar-refractivity contribution in [2.45, 2.75) is 12.8 Å². The molecule has 0 bridgehead atoms. The number of nitrogens with two attached hydrogens (primary N) is 1. The first kappa shape index (κ1) is 13.9. The van der Waals surface area contributed by atoms with Crippen molar-refractivity contribution in [1.29, 1.82) is 0 Å². The number of carbonyl (C=O) groups is 1. The van der Waals surface area contributed by atoms with Gasteiger partial charge in [0, 0.05) is 19.6 Å². The summed E-state index contributed by atoms with van der Waals surface area (Å²) in [5.74, 6) is 0.475. The van der Waals surface area contributed by atoms with E-state index in [0.717, 1.165) is 35.3 Å². The topological polar surface area (TPSA) is 91.5 Å². The van der Waals surface area contributed by atoms with Gasteiger partial charge in [-0.2, -0.15) is 0 Å². The third-order valence-electron chi connectivity index (χ3n) is 3.96. The van der Waals surface area contributed by atoms with Crippen LogP contribution in [0.25, 0.3) is 10.2 Å². The maximum Gasteiger partial charge on any atom is 0.407 e. The second-order valence-corrected chi connectivity index (χ2v) is 6.23. The number of fused-ring (bicyclic) bond motifs is 1. The van der Waals surface area contributed by atoms with Gasteiger partial charge in [0.15, 0.2) is 0 Å². The largest absolute Gasteiger partial charge is 0.465 e. The van der Waals surface area contributed by atoms with Crippen LogP contribution >= 0.6 is 11.3 Å². The third-order valence-corrected chi connectivity index (χ3v) is 4.88. The van der Waals surface area contributed by atoms with E-state index >= 15 is 0 Å². The Labute approximate surface area is 126 Å². The summed E-state index contributed by atoms with van der Waals surface area (Å²) in [5.41, 5.74) is 8.59. The van der Waals surface area contributed by atoms with Crippen LogP contribution in [0.3, 0.4) is 0 Å². The van der Waals surface area contributed by atoms with Gasteiger partial charge in [0.25, 0.3) is 0 Å². The van der Waals surface area contributed by atoms with E-state index in [4.69, 9.17) is 10.8 Å².